The van der Waals surface area contributed by atoms with Gasteiger partial charge in [0.2, 0.25) is 5.91 Å². The number of carbonyl (C=O) groups is 1. The van der Waals surface area contributed by atoms with Crippen molar-refractivity contribution in [1.82, 2.24) is 5.32 Å². The van der Waals surface area contributed by atoms with Gasteiger partial charge in [0, 0.05) is 11.5 Å². The van der Waals surface area contributed by atoms with E-state index < -0.39 is 5.54 Å². The highest BCUT2D eigenvalue weighted by atomic mass is 79.9. The van der Waals surface area contributed by atoms with Crippen molar-refractivity contribution in [3.8, 4) is 0 Å². The second-order valence-electron chi connectivity index (χ2n) is 3.29. The molecule has 0 fully saturated rings. The molecular formula is C10H14BrClN2O. The van der Waals surface area contributed by atoms with Gasteiger partial charge in [0.25, 0.3) is 0 Å². The van der Waals surface area contributed by atoms with Gasteiger partial charge in [-0.25, -0.2) is 0 Å². The van der Waals surface area contributed by atoms with Crippen LogP contribution in [0.15, 0.2) is 28.7 Å². The maximum absolute atomic E-state index is 11.5. The van der Waals surface area contributed by atoms with E-state index >= 15 is 0 Å². The number of likely N-dealkylation sites (N-methyl/N-ethyl adjacent to an activating group) is 1. The van der Waals surface area contributed by atoms with E-state index in [-0.39, 0.29) is 18.3 Å². The van der Waals surface area contributed by atoms with Gasteiger partial charge in [-0.15, -0.1) is 12.4 Å². The van der Waals surface area contributed by atoms with E-state index in [2.05, 4.69) is 21.2 Å². The molecular weight excluding hydrogens is 279 g/mol. The van der Waals surface area contributed by atoms with Gasteiger partial charge in [-0.2, -0.15) is 0 Å². The van der Waals surface area contributed by atoms with Crippen LogP contribution < -0.4 is 11.1 Å². The normalized spacial score (nSPS) is 13.6. The van der Waals surface area contributed by atoms with E-state index in [1.54, 1.807) is 14.0 Å². The molecule has 3 N–H and O–H groups in total. The van der Waals surface area contributed by atoms with Gasteiger partial charge in [-0.1, -0.05) is 28.1 Å². The number of carbonyl (C=O) groups excluding carboxylic acids is 1. The highest BCUT2D eigenvalue weighted by molar-refractivity contribution is 9.10. The lowest BCUT2D eigenvalue weighted by Gasteiger charge is -2.22. The molecule has 0 aliphatic heterocycles. The number of benzene rings is 1. The molecule has 0 aromatic heterocycles. The fourth-order valence-corrected chi connectivity index (χ4v) is 1.45. The fourth-order valence-electron chi connectivity index (χ4n) is 1.19. The number of hydrogen-bond donors (Lipinski definition) is 2. The number of nitrogens with one attached hydrogen (secondary N) is 1. The number of halogens is 2. The number of nitrogens with two attached hydrogens (primary N) is 1. The molecule has 0 aliphatic carbocycles. The molecule has 0 heterocycles. The maximum atomic E-state index is 11.5. The summed E-state index contributed by atoms with van der Waals surface area (Å²) in [6.45, 7) is 1.69. The first kappa shape index (κ1) is 14.4. The number of hydrogen-bond acceptors (Lipinski definition) is 2. The lowest BCUT2D eigenvalue weighted by Crippen LogP contribution is -2.47. The summed E-state index contributed by atoms with van der Waals surface area (Å²) in [5.41, 5.74) is 5.73. The van der Waals surface area contributed by atoms with Crippen LogP contribution >= 0.6 is 28.3 Å². The Morgan fingerprint density at radius 3 is 2.27 bits per heavy atom. The maximum Gasteiger partial charge on any atom is 0.244 e. The van der Waals surface area contributed by atoms with Crippen LogP contribution in [-0.2, 0) is 10.3 Å². The van der Waals surface area contributed by atoms with Crippen LogP contribution in [0.1, 0.15) is 12.5 Å². The number of rotatable bonds is 2. The molecule has 0 bridgehead atoms. The van der Waals surface area contributed by atoms with Crippen molar-refractivity contribution >= 4 is 34.2 Å². The molecule has 0 saturated heterocycles. The summed E-state index contributed by atoms with van der Waals surface area (Å²) in [7, 11) is 1.58. The third kappa shape index (κ3) is 3.19. The van der Waals surface area contributed by atoms with Crippen molar-refractivity contribution in [1.29, 1.82) is 0 Å². The van der Waals surface area contributed by atoms with Crippen LogP contribution in [0.4, 0.5) is 0 Å². The minimum atomic E-state index is -0.977. The Labute approximate surface area is 104 Å². The lowest BCUT2D eigenvalue weighted by molar-refractivity contribution is -0.125. The molecule has 0 saturated carbocycles. The summed E-state index contributed by atoms with van der Waals surface area (Å²) in [5.74, 6) is -0.195. The minimum Gasteiger partial charge on any atom is -0.357 e. The molecule has 15 heavy (non-hydrogen) atoms. The highest BCUT2D eigenvalue weighted by Gasteiger charge is 2.29. The summed E-state index contributed by atoms with van der Waals surface area (Å²) in [4.78, 5) is 11.5. The predicted octanol–water partition coefficient (Wildman–Crippen LogP) is 1.79. The molecule has 1 unspecified atom stereocenters. The van der Waals surface area contributed by atoms with Crippen LogP contribution in [0.3, 0.4) is 0 Å². The Bertz CT molecular complexity index is 338. The van der Waals surface area contributed by atoms with E-state index in [4.69, 9.17) is 5.73 Å². The SMILES string of the molecule is CNC(=O)C(C)(N)c1ccc(Br)cc1.Cl. The third-order valence-electron chi connectivity index (χ3n) is 2.14. The topological polar surface area (TPSA) is 55.1 Å². The molecule has 5 heteroatoms. The second kappa shape index (κ2) is 5.49. The fraction of sp³-hybridized carbons (Fsp3) is 0.300. The van der Waals surface area contributed by atoms with Crippen molar-refractivity contribution in [2.24, 2.45) is 5.73 Å². The van der Waals surface area contributed by atoms with E-state index in [9.17, 15) is 4.79 Å². The van der Waals surface area contributed by atoms with Gasteiger partial charge >= 0.3 is 0 Å². The zero-order valence-electron chi connectivity index (χ0n) is 8.58. The van der Waals surface area contributed by atoms with Crippen LogP contribution in [0.5, 0.6) is 0 Å². The van der Waals surface area contributed by atoms with Crippen molar-refractivity contribution < 1.29 is 4.79 Å². The highest BCUT2D eigenvalue weighted by Crippen LogP contribution is 2.20. The average molecular weight is 294 g/mol. The lowest BCUT2D eigenvalue weighted by atomic mass is 9.92. The largest absolute Gasteiger partial charge is 0.357 e. The van der Waals surface area contributed by atoms with E-state index in [1.165, 1.54) is 0 Å². The molecule has 0 radical (unpaired) electrons. The molecule has 1 aromatic carbocycles. The van der Waals surface area contributed by atoms with Gasteiger partial charge in [0.15, 0.2) is 0 Å². The first-order chi connectivity index (χ1) is 6.48. The average Bonchev–Trinajstić information content (AvgIpc) is 2.17. The van der Waals surface area contributed by atoms with E-state index in [1.807, 2.05) is 24.3 Å². The molecule has 0 spiro atoms. The Kier molecular flexibility index (Phi) is 5.28. The number of amides is 1. The van der Waals surface area contributed by atoms with Crippen LogP contribution in [0.2, 0.25) is 0 Å². The van der Waals surface area contributed by atoms with Crippen molar-refractivity contribution in [3.63, 3.8) is 0 Å². The Balaban J connectivity index is 0.00000196. The Hall–Kier alpha value is -0.580. The summed E-state index contributed by atoms with van der Waals surface area (Å²) >= 11 is 3.32. The zero-order chi connectivity index (χ0) is 10.8. The summed E-state index contributed by atoms with van der Waals surface area (Å²) < 4.78 is 0.967. The summed E-state index contributed by atoms with van der Waals surface area (Å²) in [6, 6.07) is 7.39. The molecule has 84 valence electrons. The zero-order valence-corrected chi connectivity index (χ0v) is 11.0. The Morgan fingerprint density at radius 2 is 1.87 bits per heavy atom. The van der Waals surface area contributed by atoms with Gasteiger partial charge in [0.05, 0.1) is 0 Å². The molecule has 1 amide bonds. The molecule has 1 rings (SSSR count). The summed E-state index contributed by atoms with van der Waals surface area (Å²) in [6.07, 6.45) is 0. The first-order valence-electron chi connectivity index (χ1n) is 4.25. The molecule has 1 aromatic rings. The van der Waals surface area contributed by atoms with Crippen molar-refractivity contribution in [2.45, 2.75) is 12.5 Å². The van der Waals surface area contributed by atoms with Crippen molar-refractivity contribution in [2.75, 3.05) is 7.05 Å². The monoisotopic (exact) mass is 292 g/mol. The molecule has 3 nitrogen and oxygen atoms in total. The second-order valence-corrected chi connectivity index (χ2v) is 4.20. The van der Waals surface area contributed by atoms with Crippen LogP contribution in [-0.4, -0.2) is 13.0 Å². The first-order valence-corrected chi connectivity index (χ1v) is 5.05. The third-order valence-corrected chi connectivity index (χ3v) is 2.67. The quantitative estimate of drug-likeness (QED) is 0.873. The minimum absolute atomic E-state index is 0. The van der Waals surface area contributed by atoms with Gasteiger partial charge in [-0.3, -0.25) is 4.79 Å². The summed E-state index contributed by atoms with van der Waals surface area (Å²) in [5, 5.41) is 2.54. The van der Waals surface area contributed by atoms with Gasteiger partial charge in [-0.05, 0) is 24.6 Å². The van der Waals surface area contributed by atoms with Crippen LogP contribution in [0.25, 0.3) is 0 Å². The van der Waals surface area contributed by atoms with Gasteiger partial charge in [0.1, 0.15) is 5.54 Å². The Morgan fingerprint density at radius 1 is 1.40 bits per heavy atom. The smallest absolute Gasteiger partial charge is 0.244 e. The predicted molar refractivity (Wildman–Crippen MR) is 67.0 cm³/mol. The van der Waals surface area contributed by atoms with Crippen molar-refractivity contribution in [3.05, 3.63) is 34.3 Å². The van der Waals surface area contributed by atoms with E-state index in [0.717, 1.165) is 10.0 Å². The standard InChI is InChI=1S/C10H13BrN2O.ClH/c1-10(12,9(14)13-2)7-3-5-8(11)6-4-7;/h3-6H,12H2,1-2H3,(H,13,14);1H. The molecule has 1 atom stereocenters. The van der Waals surface area contributed by atoms with E-state index in [0.29, 0.717) is 0 Å². The van der Waals surface area contributed by atoms with Gasteiger partial charge < -0.3 is 11.1 Å². The molecule has 0 aliphatic rings. The van der Waals surface area contributed by atoms with Crippen LogP contribution in [0, 0.1) is 0 Å².